The highest BCUT2D eigenvalue weighted by Crippen LogP contribution is 2.28. The van der Waals surface area contributed by atoms with Crippen molar-refractivity contribution in [3.05, 3.63) is 39.6 Å². The first-order chi connectivity index (χ1) is 10.9. The van der Waals surface area contributed by atoms with Gasteiger partial charge in [-0.15, -0.1) is 0 Å². The molecule has 0 atom stereocenters. The molecule has 3 rings (SSSR count). The van der Waals surface area contributed by atoms with Gasteiger partial charge in [-0.1, -0.05) is 11.6 Å². The minimum Gasteiger partial charge on any atom is -0.477 e. The number of nitrogens with zero attached hydrogens (tertiary/aromatic N) is 5. The van der Waals surface area contributed by atoms with Crippen LogP contribution in [0.3, 0.4) is 0 Å². The largest absolute Gasteiger partial charge is 0.477 e. The van der Waals surface area contributed by atoms with Crippen molar-refractivity contribution in [2.75, 3.05) is 19.0 Å². The van der Waals surface area contributed by atoms with Crippen LogP contribution in [-0.2, 0) is 0 Å². The second-order valence-corrected chi connectivity index (χ2v) is 6.31. The molecule has 0 aliphatic heterocycles. The number of aromatic nitrogens is 4. The third-order valence-corrected chi connectivity index (χ3v) is 3.86. The van der Waals surface area contributed by atoms with E-state index >= 15 is 0 Å². The van der Waals surface area contributed by atoms with Gasteiger partial charge in [-0.3, -0.25) is 4.98 Å². The average molecular weight is 397 g/mol. The van der Waals surface area contributed by atoms with Gasteiger partial charge >= 0.3 is 5.97 Å². The van der Waals surface area contributed by atoms with Gasteiger partial charge in [0.15, 0.2) is 11.3 Å². The van der Waals surface area contributed by atoms with Crippen LogP contribution in [0.15, 0.2) is 28.9 Å². The van der Waals surface area contributed by atoms with E-state index in [1.165, 1.54) is 6.07 Å². The van der Waals surface area contributed by atoms with E-state index in [0.717, 1.165) is 4.47 Å². The molecule has 0 aliphatic carbocycles. The maximum atomic E-state index is 11.2. The monoisotopic (exact) mass is 395 g/mol. The highest BCUT2D eigenvalue weighted by Gasteiger charge is 2.17. The zero-order chi connectivity index (χ0) is 16.7. The predicted octanol–water partition coefficient (Wildman–Crippen LogP) is 2.97. The van der Waals surface area contributed by atoms with Gasteiger partial charge < -0.3 is 10.0 Å². The van der Waals surface area contributed by atoms with Crippen molar-refractivity contribution >= 4 is 45.0 Å². The molecular weight excluding hydrogens is 386 g/mol. The predicted molar refractivity (Wildman–Crippen MR) is 90.2 cm³/mol. The van der Waals surface area contributed by atoms with E-state index in [-0.39, 0.29) is 5.69 Å². The van der Waals surface area contributed by atoms with Crippen molar-refractivity contribution < 1.29 is 9.90 Å². The van der Waals surface area contributed by atoms with Gasteiger partial charge in [-0.25, -0.2) is 9.78 Å². The summed E-state index contributed by atoms with van der Waals surface area (Å²) in [6.07, 6.45) is 1.62. The van der Waals surface area contributed by atoms with Crippen LogP contribution in [0.5, 0.6) is 0 Å². The molecule has 1 N–H and O–H groups in total. The lowest BCUT2D eigenvalue weighted by atomic mass is 10.3. The Labute approximate surface area is 144 Å². The molecule has 0 unspecified atom stereocenters. The molecule has 3 aromatic heterocycles. The lowest BCUT2D eigenvalue weighted by Gasteiger charge is -2.14. The Morgan fingerprint density at radius 1 is 1.35 bits per heavy atom. The lowest BCUT2D eigenvalue weighted by molar-refractivity contribution is 0.0690. The summed E-state index contributed by atoms with van der Waals surface area (Å²) in [6.45, 7) is 0. The summed E-state index contributed by atoms with van der Waals surface area (Å²) in [7, 11) is 3.60. The summed E-state index contributed by atoms with van der Waals surface area (Å²) in [4.78, 5) is 21.4. The van der Waals surface area contributed by atoms with Crippen molar-refractivity contribution in [3.63, 3.8) is 0 Å². The van der Waals surface area contributed by atoms with Gasteiger partial charge in [0.1, 0.15) is 17.2 Å². The summed E-state index contributed by atoms with van der Waals surface area (Å²) in [5.41, 5.74) is 1.37. The number of rotatable bonds is 3. The van der Waals surface area contributed by atoms with E-state index in [1.807, 2.05) is 0 Å². The van der Waals surface area contributed by atoms with Crippen molar-refractivity contribution in [2.24, 2.45) is 0 Å². The second kappa shape index (κ2) is 5.78. The van der Waals surface area contributed by atoms with Crippen molar-refractivity contribution in [3.8, 4) is 11.4 Å². The van der Waals surface area contributed by atoms with Crippen LogP contribution in [0.4, 0.5) is 5.82 Å². The minimum atomic E-state index is -1.10. The Morgan fingerprint density at radius 3 is 2.70 bits per heavy atom. The number of pyridine rings is 1. The van der Waals surface area contributed by atoms with Crippen LogP contribution in [0.25, 0.3) is 17.0 Å². The van der Waals surface area contributed by atoms with Gasteiger partial charge in [-0.2, -0.15) is 9.61 Å². The smallest absolute Gasteiger partial charge is 0.354 e. The molecule has 0 aliphatic rings. The molecule has 0 bridgehead atoms. The van der Waals surface area contributed by atoms with E-state index in [4.69, 9.17) is 11.6 Å². The van der Waals surface area contributed by atoms with Crippen LogP contribution in [0.2, 0.25) is 5.02 Å². The van der Waals surface area contributed by atoms with Gasteiger partial charge in [0.25, 0.3) is 0 Å². The number of carboxylic acids is 1. The Hall–Kier alpha value is -2.19. The third-order valence-electron chi connectivity index (χ3n) is 3.14. The fourth-order valence-corrected chi connectivity index (χ4v) is 2.83. The van der Waals surface area contributed by atoms with Crippen LogP contribution in [-0.4, -0.2) is 44.8 Å². The number of anilines is 1. The molecule has 3 aromatic rings. The third kappa shape index (κ3) is 2.87. The zero-order valence-corrected chi connectivity index (χ0v) is 14.5. The van der Waals surface area contributed by atoms with Gasteiger partial charge in [0, 0.05) is 36.9 Å². The molecule has 9 heteroatoms. The normalized spacial score (nSPS) is 11.0. The van der Waals surface area contributed by atoms with E-state index in [9.17, 15) is 9.90 Å². The molecule has 0 aromatic carbocycles. The quantitative estimate of drug-likeness (QED) is 0.733. The summed E-state index contributed by atoms with van der Waals surface area (Å²) in [5.74, 6) is -0.509. The summed E-state index contributed by atoms with van der Waals surface area (Å²) >= 11 is 9.51. The van der Waals surface area contributed by atoms with Crippen LogP contribution in [0.1, 0.15) is 10.5 Å². The molecule has 0 fully saturated rings. The molecule has 0 saturated heterocycles. The average Bonchev–Trinajstić information content (AvgIpc) is 2.89. The SMILES string of the molecule is CN(C)c1cc(C(=O)O)nc2cc(-c3ncc(Br)cc3Cl)nn12. The lowest BCUT2D eigenvalue weighted by Crippen LogP contribution is -2.16. The number of hydrogen-bond acceptors (Lipinski definition) is 5. The van der Waals surface area contributed by atoms with E-state index in [1.54, 1.807) is 41.8 Å². The molecule has 0 amide bonds. The second-order valence-electron chi connectivity index (χ2n) is 4.98. The van der Waals surface area contributed by atoms with Gasteiger partial charge in [-0.05, 0) is 22.0 Å². The van der Waals surface area contributed by atoms with Crippen LogP contribution in [0, 0.1) is 0 Å². The van der Waals surface area contributed by atoms with Gasteiger partial charge in [0.05, 0.1) is 5.02 Å². The molecule has 0 radical (unpaired) electrons. The first-order valence-electron chi connectivity index (χ1n) is 6.49. The molecule has 3 heterocycles. The fourth-order valence-electron chi connectivity index (χ4n) is 2.11. The van der Waals surface area contributed by atoms with E-state index in [0.29, 0.717) is 27.9 Å². The van der Waals surface area contributed by atoms with Crippen LogP contribution >= 0.6 is 27.5 Å². The molecule has 0 spiro atoms. The van der Waals surface area contributed by atoms with Crippen molar-refractivity contribution in [1.82, 2.24) is 19.6 Å². The number of halogens is 2. The Kier molecular flexibility index (Phi) is 3.95. The maximum absolute atomic E-state index is 11.2. The van der Waals surface area contributed by atoms with Crippen LogP contribution < -0.4 is 4.90 Å². The molecule has 0 saturated carbocycles. The van der Waals surface area contributed by atoms with Gasteiger partial charge in [0.2, 0.25) is 0 Å². The topological polar surface area (TPSA) is 83.6 Å². The molecule has 23 heavy (non-hydrogen) atoms. The minimum absolute atomic E-state index is 0.0532. The fraction of sp³-hybridized carbons (Fsp3) is 0.143. The Morgan fingerprint density at radius 2 is 2.09 bits per heavy atom. The summed E-state index contributed by atoms with van der Waals surface area (Å²) in [6, 6.07) is 4.83. The highest BCUT2D eigenvalue weighted by molar-refractivity contribution is 9.10. The maximum Gasteiger partial charge on any atom is 0.354 e. The number of hydrogen-bond donors (Lipinski definition) is 1. The molecule has 7 nitrogen and oxygen atoms in total. The summed E-state index contributed by atoms with van der Waals surface area (Å²) < 4.78 is 2.32. The number of carboxylic acid groups (broad SMARTS) is 1. The first-order valence-corrected chi connectivity index (χ1v) is 7.67. The molecular formula is C14H11BrClN5O2. The zero-order valence-electron chi connectivity index (χ0n) is 12.2. The number of fused-ring (bicyclic) bond motifs is 1. The van der Waals surface area contributed by atoms with E-state index in [2.05, 4.69) is 31.0 Å². The standard InChI is InChI=1S/C14H11BrClN5O2/c1-20(2)12-5-10(14(22)23)18-11-4-9(19-21(11)12)13-8(16)3-7(15)6-17-13/h3-6H,1-2H3,(H,22,23). The summed E-state index contributed by atoms with van der Waals surface area (Å²) in [5, 5.41) is 14.1. The molecule has 118 valence electrons. The van der Waals surface area contributed by atoms with E-state index < -0.39 is 5.97 Å². The first kappa shape index (κ1) is 15.7. The number of aromatic carboxylic acids is 1. The highest BCUT2D eigenvalue weighted by atomic mass is 79.9. The van der Waals surface area contributed by atoms with Crippen molar-refractivity contribution in [1.29, 1.82) is 0 Å². The van der Waals surface area contributed by atoms with Crippen molar-refractivity contribution in [2.45, 2.75) is 0 Å². The Balaban J connectivity index is 2.25. The Bertz CT molecular complexity index is 925. The number of carbonyl (C=O) groups is 1.